The van der Waals surface area contributed by atoms with Crippen molar-refractivity contribution in [3.05, 3.63) is 273 Å². The van der Waals surface area contributed by atoms with Gasteiger partial charge in [0.1, 0.15) is 11.0 Å². The van der Waals surface area contributed by atoms with Crippen LogP contribution in [0.2, 0.25) is 0 Å². The van der Waals surface area contributed by atoms with Crippen LogP contribution < -0.4 is 29.4 Å². The van der Waals surface area contributed by atoms with Crippen molar-refractivity contribution >= 4 is 108 Å². The molecule has 17 rings (SSSR count). The molecule has 87 heavy (non-hydrogen) atoms. The largest absolute Gasteiger partial charge is 0.436 e. The second-order valence-electron chi connectivity index (χ2n) is 22.3. The number of hydrogen-bond acceptors (Lipinski definition) is 10. The Kier molecular flexibility index (Phi) is 11.3. The molecule has 0 amide bonds. The van der Waals surface area contributed by atoms with Gasteiger partial charge in [0.15, 0.2) is 11.2 Å². The molecule has 2 aromatic heterocycles. The van der Waals surface area contributed by atoms with E-state index in [0.29, 0.717) is 11.8 Å². The SMILES string of the molecule is CN1c2ccccc2N(c2c(-c3ccc(-c4nc5ccccc5o4)cc3)c(-c3ccccc3)c(-c3ccc(-c4nc5ccccc5o4)cc3)c(N3c4ccccc4N(C)c4ccccc43)c2N2c3ccccc3N(C)c3ccccc32)c2ccccc21. The van der Waals surface area contributed by atoms with Crippen molar-refractivity contribution in [3.63, 3.8) is 0 Å². The highest BCUT2D eigenvalue weighted by Gasteiger charge is 2.43. The summed E-state index contributed by atoms with van der Waals surface area (Å²) < 4.78 is 13.0. The lowest BCUT2D eigenvalue weighted by Gasteiger charge is -2.47. The number of anilines is 15. The van der Waals surface area contributed by atoms with Gasteiger partial charge in [-0.15, -0.1) is 0 Å². The summed E-state index contributed by atoms with van der Waals surface area (Å²) in [5.41, 5.74) is 26.4. The van der Waals surface area contributed by atoms with Gasteiger partial charge in [0.25, 0.3) is 0 Å². The highest BCUT2D eigenvalue weighted by molar-refractivity contribution is 6.22. The van der Waals surface area contributed by atoms with Crippen LogP contribution in [0.1, 0.15) is 0 Å². The lowest BCUT2D eigenvalue weighted by molar-refractivity contribution is 0.619. The zero-order chi connectivity index (χ0) is 57.9. The summed E-state index contributed by atoms with van der Waals surface area (Å²) in [6.45, 7) is 0. The first-order valence-corrected chi connectivity index (χ1v) is 29.3. The van der Waals surface area contributed by atoms with Crippen molar-refractivity contribution in [3.8, 4) is 56.3 Å². The molecule has 3 aliphatic rings. The van der Waals surface area contributed by atoms with Crippen LogP contribution in [0, 0.1) is 0 Å². The first-order valence-electron chi connectivity index (χ1n) is 29.3. The molecule has 12 aromatic carbocycles. The Hall–Kier alpha value is -11.6. The van der Waals surface area contributed by atoms with Gasteiger partial charge in [0.2, 0.25) is 11.8 Å². The number of rotatable bonds is 8. The predicted octanol–water partition coefficient (Wildman–Crippen LogP) is 21.0. The van der Waals surface area contributed by atoms with Crippen LogP contribution in [-0.2, 0) is 0 Å². The Balaban J connectivity index is 1.11. The van der Waals surface area contributed by atoms with Crippen molar-refractivity contribution in [1.29, 1.82) is 0 Å². The van der Waals surface area contributed by atoms with E-state index in [2.05, 4.69) is 275 Å². The van der Waals surface area contributed by atoms with Crippen molar-refractivity contribution in [2.75, 3.05) is 50.5 Å². The molecule has 14 aromatic rings. The van der Waals surface area contributed by atoms with Gasteiger partial charge in [0, 0.05) is 49.0 Å². The Bertz CT molecular complexity index is 4580. The first-order chi connectivity index (χ1) is 42.9. The molecule has 10 heteroatoms. The topological polar surface area (TPSA) is 71.5 Å². The fourth-order valence-corrected chi connectivity index (χ4v) is 13.5. The minimum Gasteiger partial charge on any atom is -0.436 e. The molecule has 3 aliphatic heterocycles. The second-order valence-corrected chi connectivity index (χ2v) is 22.3. The van der Waals surface area contributed by atoms with E-state index in [1.54, 1.807) is 0 Å². The van der Waals surface area contributed by atoms with Gasteiger partial charge in [-0.2, -0.15) is 0 Å². The maximum atomic E-state index is 6.50. The molecule has 414 valence electrons. The van der Waals surface area contributed by atoms with E-state index >= 15 is 0 Å². The highest BCUT2D eigenvalue weighted by atomic mass is 16.4. The summed E-state index contributed by atoms with van der Waals surface area (Å²) in [5.74, 6) is 1.11. The molecule has 0 N–H and O–H groups in total. The Labute approximate surface area is 503 Å². The maximum absolute atomic E-state index is 6.50. The van der Waals surface area contributed by atoms with E-state index in [9.17, 15) is 0 Å². The molecule has 0 unspecified atom stereocenters. The van der Waals surface area contributed by atoms with Crippen molar-refractivity contribution in [2.24, 2.45) is 0 Å². The average Bonchev–Trinajstić information content (AvgIpc) is 1.05. The molecule has 10 nitrogen and oxygen atoms in total. The molecule has 5 heterocycles. The molecule has 0 aliphatic carbocycles. The Morgan fingerprint density at radius 2 is 0.483 bits per heavy atom. The standard InChI is InChI=1S/C77H54N8O2/c1-80-56-27-9-15-33-62(56)83(63-34-16-10-28-57(63)80)73-71(50-41-45-52(46-42-50)76-78-54-25-7-21-39-68(54)86-76)70(49-23-5-4-6-24-49)72(51-43-47-53(48-44-51)77-79-55-26-8-22-40-69(55)87-77)74(84-64-35-17-11-29-58(64)81(2)59-30-12-18-36-65(59)84)75(73)85-66-37-19-13-31-60(66)82(3)61-32-14-20-38-67(61)85/h4-48H,1-3H3. The number of oxazole rings is 2. The predicted molar refractivity (Wildman–Crippen MR) is 357 cm³/mol. The normalized spacial score (nSPS) is 13.1. The molecule has 0 saturated heterocycles. The van der Waals surface area contributed by atoms with Crippen molar-refractivity contribution in [1.82, 2.24) is 9.97 Å². The van der Waals surface area contributed by atoms with Crippen LogP contribution in [-0.4, -0.2) is 31.1 Å². The Morgan fingerprint density at radius 1 is 0.230 bits per heavy atom. The van der Waals surface area contributed by atoms with Gasteiger partial charge in [0.05, 0.1) is 85.3 Å². The monoisotopic (exact) mass is 1120 g/mol. The van der Waals surface area contributed by atoms with Crippen molar-refractivity contribution in [2.45, 2.75) is 0 Å². The second kappa shape index (κ2) is 19.8. The lowest BCUT2D eigenvalue weighted by Crippen LogP contribution is -2.31. The van der Waals surface area contributed by atoms with E-state index in [4.69, 9.17) is 18.8 Å². The summed E-state index contributed by atoms with van der Waals surface area (Å²) in [4.78, 5) is 24.7. The summed E-state index contributed by atoms with van der Waals surface area (Å²) in [6, 6.07) is 97.6. The molecule has 0 saturated carbocycles. The number of para-hydroxylation sites is 16. The molecular weight excluding hydrogens is 1070 g/mol. The number of fused-ring (bicyclic) bond motifs is 8. The van der Waals surface area contributed by atoms with Gasteiger partial charge in [-0.3, -0.25) is 0 Å². The van der Waals surface area contributed by atoms with E-state index in [1.807, 2.05) is 48.5 Å². The minimum atomic E-state index is 0.557. The third-order valence-corrected chi connectivity index (χ3v) is 17.5. The van der Waals surface area contributed by atoms with E-state index in [0.717, 1.165) is 152 Å². The number of hydrogen-bond donors (Lipinski definition) is 0. The quantitative estimate of drug-likeness (QED) is 0.147. The van der Waals surface area contributed by atoms with Crippen LogP contribution in [0.25, 0.3) is 78.5 Å². The zero-order valence-electron chi connectivity index (χ0n) is 47.9. The van der Waals surface area contributed by atoms with Crippen LogP contribution >= 0.6 is 0 Å². The Morgan fingerprint density at radius 3 is 0.805 bits per heavy atom. The van der Waals surface area contributed by atoms with Gasteiger partial charge in [-0.25, -0.2) is 9.97 Å². The molecule has 0 bridgehead atoms. The summed E-state index contributed by atoms with van der Waals surface area (Å²) >= 11 is 0. The third kappa shape index (κ3) is 7.74. The fourth-order valence-electron chi connectivity index (χ4n) is 13.5. The molecule has 0 spiro atoms. The van der Waals surface area contributed by atoms with Crippen LogP contribution in [0.4, 0.5) is 85.3 Å². The maximum Gasteiger partial charge on any atom is 0.227 e. The van der Waals surface area contributed by atoms with Crippen LogP contribution in [0.3, 0.4) is 0 Å². The minimum absolute atomic E-state index is 0.557. The zero-order valence-corrected chi connectivity index (χ0v) is 47.9. The summed E-state index contributed by atoms with van der Waals surface area (Å²) in [7, 11) is 6.55. The van der Waals surface area contributed by atoms with E-state index in [-0.39, 0.29) is 0 Å². The van der Waals surface area contributed by atoms with Gasteiger partial charge in [-0.05, 0) is 138 Å². The third-order valence-electron chi connectivity index (χ3n) is 17.5. The van der Waals surface area contributed by atoms with Gasteiger partial charge >= 0.3 is 0 Å². The first kappa shape index (κ1) is 49.9. The highest BCUT2D eigenvalue weighted by Crippen LogP contribution is 2.68. The average molecular weight is 1120 g/mol. The van der Waals surface area contributed by atoms with Crippen LogP contribution in [0.15, 0.2) is 282 Å². The van der Waals surface area contributed by atoms with Gasteiger partial charge in [-0.1, -0.05) is 152 Å². The van der Waals surface area contributed by atoms with Crippen LogP contribution in [0.5, 0.6) is 0 Å². The smallest absolute Gasteiger partial charge is 0.227 e. The number of nitrogens with zero attached hydrogens (tertiary/aromatic N) is 8. The summed E-state index contributed by atoms with van der Waals surface area (Å²) in [5, 5.41) is 0. The molecule has 0 atom stereocenters. The number of benzene rings is 12. The molecular formula is C77H54N8O2. The molecule has 0 radical (unpaired) electrons. The van der Waals surface area contributed by atoms with Crippen molar-refractivity contribution < 1.29 is 8.83 Å². The number of aromatic nitrogens is 2. The van der Waals surface area contributed by atoms with Gasteiger partial charge < -0.3 is 38.2 Å². The van der Waals surface area contributed by atoms with E-state index < -0.39 is 0 Å². The fraction of sp³-hybridized carbons (Fsp3) is 0.0390. The van der Waals surface area contributed by atoms with E-state index in [1.165, 1.54) is 0 Å². The molecule has 0 fully saturated rings. The lowest BCUT2D eigenvalue weighted by atomic mass is 9.81. The summed E-state index contributed by atoms with van der Waals surface area (Å²) in [6.07, 6.45) is 0.